The van der Waals surface area contributed by atoms with Gasteiger partial charge in [0.15, 0.2) is 5.75 Å². The number of phenols is 1. The fourth-order valence-corrected chi connectivity index (χ4v) is 6.51. The Balaban J connectivity index is 2.06. The normalized spacial score (nSPS) is 11.8. The number of aromatic hydroxyl groups is 1. The largest absolute Gasteiger partial charge is 0.504 e. The molecule has 3 aromatic rings. The Morgan fingerprint density at radius 3 is 2.19 bits per heavy atom. The molecule has 0 heterocycles. The monoisotopic (exact) mass is 693 g/mol. The summed E-state index contributed by atoms with van der Waals surface area (Å²) in [6.07, 6.45) is 1.07. The van der Waals surface area contributed by atoms with Gasteiger partial charge < -0.3 is 10.4 Å². The number of nitrogens with zero attached hydrogens (tertiary/aromatic N) is 1. The van der Waals surface area contributed by atoms with E-state index in [4.69, 9.17) is 11.6 Å². The zero-order chi connectivity index (χ0) is 27.4. The van der Waals surface area contributed by atoms with E-state index in [0.717, 1.165) is 11.2 Å². The van der Waals surface area contributed by atoms with Crippen LogP contribution in [0.15, 0.2) is 74.5 Å². The SMILES string of the molecule is CS(=O)(=O)CCCNS(=O)(=O)c1c(Cl)ccc(N(C(=O)Nc2ccccc2Br)c2ccccc2Br)c1O. The van der Waals surface area contributed by atoms with E-state index in [1.807, 2.05) is 0 Å². The zero-order valence-electron chi connectivity index (χ0n) is 19.3. The van der Waals surface area contributed by atoms with Gasteiger partial charge in [0.05, 0.1) is 27.8 Å². The highest BCUT2D eigenvalue weighted by Gasteiger charge is 2.30. The standard InChI is InChI=1S/C23H22Br2ClN3O6S2/c1-36(32,33)14-6-13-27-37(34,35)22-17(26)11-12-20(21(22)30)29(19-10-5-3-8-16(19)25)23(31)28-18-9-4-2-7-15(18)24/h2-5,7-12,27,30H,6,13-14H2,1H3,(H,28,31). The lowest BCUT2D eigenvalue weighted by atomic mass is 10.2. The third-order valence-corrected chi connectivity index (χ3v) is 9.32. The van der Waals surface area contributed by atoms with Crippen LogP contribution in [0, 0.1) is 0 Å². The van der Waals surface area contributed by atoms with Gasteiger partial charge >= 0.3 is 6.03 Å². The van der Waals surface area contributed by atoms with E-state index >= 15 is 0 Å². The Hall–Kier alpha value is -2.16. The molecule has 198 valence electrons. The Bertz CT molecular complexity index is 1540. The Labute approximate surface area is 237 Å². The van der Waals surface area contributed by atoms with Crippen LogP contribution in [-0.2, 0) is 19.9 Å². The summed E-state index contributed by atoms with van der Waals surface area (Å²) in [6.45, 7) is -0.203. The van der Waals surface area contributed by atoms with Crippen molar-refractivity contribution in [3.63, 3.8) is 0 Å². The number of hydrogen-bond donors (Lipinski definition) is 3. The summed E-state index contributed by atoms with van der Waals surface area (Å²) in [4.78, 5) is 14.0. The number of carbonyl (C=O) groups excluding carboxylic acids is 1. The number of sulfonamides is 1. The average Bonchev–Trinajstić information content (AvgIpc) is 2.80. The molecule has 3 N–H and O–H groups in total. The highest BCUT2D eigenvalue weighted by atomic mass is 79.9. The lowest BCUT2D eigenvalue weighted by Crippen LogP contribution is -2.32. The number of rotatable bonds is 9. The molecule has 0 radical (unpaired) electrons. The van der Waals surface area contributed by atoms with E-state index < -0.39 is 36.5 Å². The lowest BCUT2D eigenvalue weighted by Gasteiger charge is -2.26. The van der Waals surface area contributed by atoms with E-state index in [1.165, 1.54) is 12.1 Å². The Morgan fingerprint density at radius 1 is 0.946 bits per heavy atom. The van der Waals surface area contributed by atoms with Gasteiger partial charge in [-0.3, -0.25) is 4.90 Å². The van der Waals surface area contributed by atoms with Gasteiger partial charge in [-0.25, -0.2) is 26.4 Å². The number of phenolic OH excluding ortho intramolecular Hbond substituents is 1. The van der Waals surface area contributed by atoms with E-state index in [-0.39, 0.29) is 29.4 Å². The van der Waals surface area contributed by atoms with Crippen LogP contribution in [-0.4, -0.2) is 46.5 Å². The van der Waals surface area contributed by atoms with Crippen LogP contribution in [0.25, 0.3) is 0 Å². The molecule has 0 atom stereocenters. The van der Waals surface area contributed by atoms with Crippen molar-refractivity contribution >= 4 is 86.4 Å². The molecule has 9 nitrogen and oxygen atoms in total. The first-order valence-corrected chi connectivity index (χ1v) is 16.1. The predicted molar refractivity (Wildman–Crippen MR) is 152 cm³/mol. The highest BCUT2D eigenvalue weighted by Crippen LogP contribution is 2.43. The molecule has 0 aliphatic heterocycles. The van der Waals surface area contributed by atoms with Gasteiger partial charge in [0.2, 0.25) is 10.0 Å². The van der Waals surface area contributed by atoms with Crippen LogP contribution in [0.1, 0.15) is 6.42 Å². The Morgan fingerprint density at radius 2 is 1.57 bits per heavy atom. The van der Waals surface area contributed by atoms with Crippen molar-refractivity contribution in [2.24, 2.45) is 0 Å². The third kappa shape index (κ3) is 7.45. The minimum atomic E-state index is -4.38. The summed E-state index contributed by atoms with van der Waals surface area (Å²) in [5.74, 6) is -0.985. The van der Waals surface area contributed by atoms with Gasteiger partial charge in [0.25, 0.3) is 0 Å². The smallest absolute Gasteiger partial charge is 0.331 e. The summed E-state index contributed by atoms with van der Waals surface area (Å²) in [5, 5.41) is 13.6. The topological polar surface area (TPSA) is 133 Å². The summed E-state index contributed by atoms with van der Waals surface area (Å²) in [6, 6.07) is 15.5. The van der Waals surface area contributed by atoms with Crippen molar-refractivity contribution < 1.29 is 26.7 Å². The number of sulfone groups is 1. The van der Waals surface area contributed by atoms with Gasteiger partial charge in [-0.15, -0.1) is 0 Å². The van der Waals surface area contributed by atoms with Crippen LogP contribution >= 0.6 is 43.5 Å². The number of benzene rings is 3. The minimum absolute atomic E-state index is 0.0214. The maximum Gasteiger partial charge on any atom is 0.331 e. The molecule has 0 bridgehead atoms. The number of amides is 2. The molecule has 0 saturated heterocycles. The third-order valence-electron chi connectivity index (χ3n) is 4.97. The molecule has 14 heteroatoms. The number of halogens is 3. The summed E-state index contributed by atoms with van der Waals surface area (Å²) < 4.78 is 52.1. The second-order valence-electron chi connectivity index (χ2n) is 7.82. The van der Waals surface area contributed by atoms with Gasteiger partial charge in [0, 0.05) is 21.7 Å². The first-order valence-electron chi connectivity index (χ1n) is 10.6. The number of nitrogens with one attached hydrogen (secondary N) is 2. The van der Waals surface area contributed by atoms with Crippen molar-refractivity contribution in [2.45, 2.75) is 11.3 Å². The first kappa shape index (κ1) is 29.4. The van der Waals surface area contributed by atoms with Crippen molar-refractivity contribution in [3.8, 4) is 5.75 Å². The summed E-state index contributed by atoms with van der Waals surface area (Å²) >= 11 is 12.9. The number of carbonyl (C=O) groups is 1. The highest BCUT2D eigenvalue weighted by molar-refractivity contribution is 9.11. The van der Waals surface area contributed by atoms with Crippen LogP contribution in [0.2, 0.25) is 5.02 Å². The van der Waals surface area contributed by atoms with Crippen LogP contribution in [0.4, 0.5) is 21.9 Å². The van der Waals surface area contributed by atoms with Gasteiger partial charge in [-0.2, -0.15) is 0 Å². The van der Waals surface area contributed by atoms with E-state index in [2.05, 4.69) is 41.9 Å². The second-order valence-corrected chi connectivity index (χ2v) is 13.9. The molecule has 0 spiro atoms. The maximum absolute atomic E-state index is 13.5. The predicted octanol–water partition coefficient (Wildman–Crippen LogP) is 5.65. The molecule has 3 aromatic carbocycles. The summed E-state index contributed by atoms with van der Waals surface area (Å²) in [7, 11) is -7.67. The lowest BCUT2D eigenvalue weighted by molar-refractivity contribution is 0.258. The van der Waals surface area contributed by atoms with Crippen LogP contribution in [0.5, 0.6) is 5.75 Å². The molecule has 0 saturated carbocycles. The molecule has 3 rings (SSSR count). The average molecular weight is 696 g/mol. The number of hydrogen-bond acceptors (Lipinski definition) is 6. The van der Waals surface area contributed by atoms with Gasteiger partial charge in [0.1, 0.15) is 14.7 Å². The van der Waals surface area contributed by atoms with Gasteiger partial charge in [-0.1, -0.05) is 35.9 Å². The van der Waals surface area contributed by atoms with Crippen molar-refractivity contribution in [2.75, 3.05) is 28.8 Å². The molecule has 0 aliphatic rings. The van der Waals surface area contributed by atoms with Crippen LogP contribution in [0.3, 0.4) is 0 Å². The molecule has 2 amide bonds. The molecule has 0 fully saturated rings. The van der Waals surface area contributed by atoms with Gasteiger partial charge in [-0.05, 0) is 74.7 Å². The number of urea groups is 1. The van der Waals surface area contributed by atoms with E-state index in [9.17, 15) is 26.7 Å². The molecule has 0 aliphatic carbocycles. The molecular weight excluding hydrogens is 674 g/mol. The van der Waals surface area contributed by atoms with Crippen molar-refractivity contribution in [1.82, 2.24) is 4.72 Å². The van der Waals surface area contributed by atoms with Crippen molar-refractivity contribution in [3.05, 3.63) is 74.6 Å². The number of para-hydroxylation sites is 2. The quantitative estimate of drug-likeness (QED) is 0.248. The summed E-state index contributed by atoms with van der Waals surface area (Å²) in [5.41, 5.74) is 0.602. The zero-order valence-corrected chi connectivity index (χ0v) is 24.8. The van der Waals surface area contributed by atoms with E-state index in [0.29, 0.717) is 20.3 Å². The second kappa shape index (κ2) is 12.1. The van der Waals surface area contributed by atoms with E-state index in [1.54, 1.807) is 48.5 Å². The molecular formula is C23H22Br2ClN3O6S2. The van der Waals surface area contributed by atoms with Crippen molar-refractivity contribution in [1.29, 1.82) is 0 Å². The Kier molecular flexibility index (Phi) is 9.64. The minimum Gasteiger partial charge on any atom is -0.504 e. The number of anilines is 3. The molecule has 0 unspecified atom stereocenters. The fraction of sp³-hybridized carbons (Fsp3) is 0.174. The molecule has 0 aromatic heterocycles. The fourth-order valence-electron chi connectivity index (χ4n) is 3.30. The molecule has 37 heavy (non-hydrogen) atoms. The van der Waals surface area contributed by atoms with Crippen LogP contribution < -0.4 is 14.9 Å². The maximum atomic E-state index is 13.5. The first-order chi connectivity index (χ1) is 17.3.